The SMILES string of the molecule is C=CC(=O)NCCn1cc(-c2nc3c(C#N)c[nH]n3c(=O)c2C(C)C)cn1. The average molecular weight is 365 g/mol. The summed E-state index contributed by atoms with van der Waals surface area (Å²) in [5, 5.41) is 19.0. The molecular formula is C18H19N7O2. The standard InChI is InChI=1S/C18H19N7O2/c1-4-14(26)20-5-6-24-10-13(9-21-24)16-15(11(2)3)18(27)25-17(23-16)12(7-19)8-22-25/h4,8-11,22H,1,5-6H2,2-3H3,(H,20,26). The highest BCUT2D eigenvalue weighted by Crippen LogP contribution is 2.25. The number of carbonyl (C=O) groups is 1. The van der Waals surface area contributed by atoms with E-state index >= 15 is 0 Å². The van der Waals surface area contributed by atoms with Gasteiger partial charge in [-0.25, -0.2) is 9.50 Å². The molecule has 0 aliphatic heterocycles. The maximum Gasteiger partial charge on any atom is 0.276 e. The molecule has 3 aromatic heterocycles. The molecule has 0 saturated carbocycles. The van der Waals surface area contributed by atoms with Crippen LogP contribution in [0.25, 0.3) is 16.9 Å². The van der Waals surface area contributed by atoms with Crippen LogP contribution in [-0.2, 0) is 11.3 Å². The van der Waals surface area contributed by atoms with E-state index in [0.717, 1.165) is 0 Å². The third-order valence-electron chi connectivity index (χ3n) is 4.13. The average Bonchev–Trinajstić information content (AvgIpc) is 3.27. The zero-order valence-electron chi connectivity index (χ0n) is 15.1. The number of nitrogens with zero attached hydrogens (tertiary/aromatic N) is 5. The number of amides is 1. The van der Waals surface area contributed by atoms with Crippen LogP contribution in [0.15, 0.2) is 36.0 Å². The largest absolute Gasteiger partial charge is 0.351 e. The summed E-state index contributed by atoms with van der Waals surface area (Å²) in [6.45, 7) is 8.09. The van der Waals surface area contributed by atoms with Gasteiger partial charge in [-0.05, 0) is 12.0 Å². The van der Waals surface area contributed by atoms with Gasteiger partial charge in [0.1, 0.15) is 11.6 Å². The Kier molecular flexibility index (Phi) is 4.90. The zero-order chi connectivity index (χ0) is 19.6. The molecule has 0 unspecified atom stereocenters. The van der Waals surface area contributed by atoms with Gasteiger partial charge in [0.15, 0.2) is 5.65 Å². The van der Waals surface area contributed by atoms with Crippen molar-refractivity contribution in [3.8, 4) is 17.3 Å². The number of H-pyrrole nitrogens is 1. The van der Waals surface area contributed by atoms with Crippen LogP contribution in [0.3, 0.4) is 0 Å². The van der Waals surface area contributed by atoms with Gasteiger partial charge in [-0.1, -0.05) is 20.4 Å². The number of nitriles is 1. The molecule has 9 nitrogen and oxygen atoms in total. The minimum absolute atomic E-state index is 0.0686. The predicted molar refractivity (Wildman–Crippen MR) is 99.0 cm³/mol. The first-order chi connectivity index (χ1) is 13.0. The Hall–Kier alpha value is -3.67. The first-order valence-corrected chi connectivity index (χ1v) is 8.43. The number of nitrogens with one attached hydrogen (secondary N) is 2. The fourth-order valence-electron chi connectivity index (χ4n) is 2.82. The lowest BCUT2D eigenvalue weighted by molar-refractivity contribution is -0.116. The minimum atomic E-state index is -0.249. The highest BCUT2D eigenvalue weighted by molar-refractivity contribution is 5.86. The van der Waals surface area contributed by atoms with Crippen LogP contribution in [0.5, 0.6) is 0 Å². The van der Waals surface area contributed by atoms with E-state index in [1.54, 1.807) is 17.1 Å². The van der Waals surface area contributed by atoms with Gasteiger partial charge in [0.05, 0.1) is 18.4 Å². The van der Waals surface area contributed by atoms with Crippen LogP contribution in [0.2, 0.25) is 0 Å². The lowest BCUT2D eigenvalue weighted by Gasteiger charge is -2.10. The normalized spacial score (nSPS) is 10.9. The van der Waals surface area contributed by atoms with Gasteiger partial charge in [-0.15, -0.1) is 0 Å². The smallest absolute Gasteiger partial charge is 0.276 e. The monoisotopic (exact) mass is 365 g/mol. The van der Waals surface area contributed by atoms with Crippen molar-refractivity contribution in [1.29, 1.82) is 5.26 Å². The van der Waals surface area contributed by atoms with E-state index in [2.05, 4.69) is 27.1 Å². The molecule has 3 heterocycles. The quantitative estimate of drug-likeness (QED) is 0.636. The van der Waals surface area contributed by atoms with Crippen molar-refractivity contribution in [2.45, 2.75) is 26.3 Å². The van der Waals surface area contributed by atoms with Crippen molar-refractivity contribution in [3.63, 3.8) is 0 Å². The Bertz CT molecular complexity index is 1110. The Balaban J connectivity index is 2.02. The van der Waals surface area contributed by atoms with Crippen LogP contribution in [0.1, 0.15) is 30.9 Å². The van der Waals surface area contributed by atoms with E-state index in [1.807, 2.05) is 19.9 Å². The van der Waals surface area contributed by atoms with Gasteiger partial charge in [0.25, 0.3) is 5.56 Å². The minimum Gasteiger partial charge on any atom is -0.351 e. The maximum atomic E-state index is 12.9. The molecular weight excluding hydrogens is 346 g/mol. The molecule has 0 aliphatic rings. The summed E-state index contributed by atoms with van der Waals surface area (Å²) in [6, 6.07) is 2.03. The summed E-state index contributed by atoms with van der Waals surface area (Å²) < 4.78 is 2.95. The topological polar surface area (TPSA) is 121 Å². The summed E-state index contributed by atoms with van der Waals surface area (Å²) in [5.41, 5.74) is 2.07. The maximum absolute atomic E-state index is 12.9. The molecule has 9 heteroatoms. The van der Waals surface area contributed by atoms with E-state index in [-0.39, 0.29) is 23.0 Å². The summed E-state index contributed by atoms with van der Waals surface area (Å²) in [7, 11) is 0. The van der Waals surface area contributed by atoms with Crippen molar-refractivity contribution in [1.82, 2.24) is 29.7 Å². The van der Waals surface area contributed by atoms with Crippen molar-refractivity contribution < 1.29 is 4.79 Å². The van der Waals surface area contributed by atoms with Crippen LogP contribution < -0.4 is 10.9 Å². The van der Waals surface area contributed by atoms with E-state index in [9.17, 15) is 14.9 Å². The van der Waals surface area contributed by atoms with Gasteiger partial charge in [-0.2, -0.15) is 10.4 Å². The number of rotatable bonds is 6. The fraction of sp³-hybridized carbons (Fsp3) is 0.278. The number of hydrogen-bond donors (Lipinski definition) is 2. The highest BCUT2D eigenvalue weighted by Gasteiger charge is 2.20. The number of aromatic amines is 1. The van der Waals surface area contributed by atoms with Gasteiger partial charge in [0, 0.05) is 30.1 Å². The Labute approximate surface area is 154 Å². The van der Waals surface area contributed by atoms with Crippen LogP contribution >= 0.6 is 0 Å². The van der Waals surface area contributed by atoms with Crippen molar-refractivity contribution >= 4 is 11.6 Å². The molecule has 0 radical (unpaired) electrons. The molecule has 0 aliphatic carbocycles. The molecule has 3 rings (SSSR count). The molecule has 3 aromatic rings. The summed E-state index contributed by atoms with van der Waals surface area (Å²) in [6.07, 6.45) is 6.06. The third kappa shape index (κ3) is 3.37. The van der Waals surface area contributed by atoms with Crippen molar-refractivity contribution in [3.05, 3.63) is 52.7 Å². The molecule has 0 fully saturated rings. The first-order valence-electron chi connectivity index (χ1n) is 8.43. The van der Waals surface area contributed by atoms with Crippen LogP contribution in [-0.4, -0.2) is 36.8 Å². The van der Waals surface area contributed by atoms with Gasteiger partial charge < -0.3 is 5.32 Å². The second-order valence-corrected chi connectivity index (χ2v) is 6.28. The molecule has 138 valence electrons. The summed E-state index contributed by atoms with van der Waals surface area (Å²) in [5.74, 6) is -0.318. The predicted octanol–water partition coefficient (Wildman–Crippen LogP) is 1.18. The molecule has 27 heavy (non-hydrogen) atoms. The lowest BCUT2D eigenvalue weighted by atomic mass is 10.00. The number of carbonyl (C=O) groups excluding carboxylic acids is 1. The van der Waals surface area contributed by atoms with Gasteiger partial charge >= 0.3 is 0 Å². The number of aromatic nitrogens is 5. The second-order valence-electron chi connectivity index (χ2n) is 6.28. The Morgan fingerprint density at radius 3 is 2.96 bits per heavy atom. The van der Waals surface area contributed by atoms with E-state index in [1.165, 1.54) is 16.8 Å². The van der Waals surface area contributed by atoms with E-state index < -0.39 is 0 Å². The number of fused-ring (bicyclic) bond motifs is 1. The van der Waals surface area contributed by atoms with Crippen LogP contribution in [0, 0.1) is 11.3 Å². The van der Waals surface area contributed by atoms with E-state index in [0.29, 0.717) is 35.5 Å². The molecule has 0 aromatic carbocycles. The highest BCUT2D eigenvalue weighted by atomic mass is 16.1. The number of hydrogen-bond acceptors (Lipinski definition) is 5. The van der Waals surface area contributed by atoms with Crippen molar-refractivity contribution in [2.75, 3.05) is 6.54 Å². The van der Waals surface area contributed by atoms with Gasteiger partial charge in [-0.3, -0.25) is 19.4 Å². The van der Waals surface area contributed by atoms with Crippen molar-refractivity contribution in [2.24, 2.45) is 0 Å². The van der Waals surface area contributed by atoms with E-state index in [4.69, 9.17) is 0 Å². The molecule has 1 amide bonds. The molecule has 0 saturated heterocycles. The lowest BCUT2D eigenvalue weighted by Crippen LogP contribution is -2.25. The fourth-order valence-corrected chi connectivity index (χ4v) is 2.82. The molecule has 0 atom stereocenters. The second kappa shape index (κ2) is 7.29. The zero-order valence-corrected chi connectivity index (χ0v) is 15.1. The summed E-state index contributed by atoms with van der Waals surface area (Å²) in [4.78, 5) is 28.7. The van der Waals surface area contributed by atoms with Gasteiger partial charge in [0.2, 0.25) is 5.91 Å². The molecule has 2 N–H and O–H groups in total. The molecule has 0 spiro atoms. The third-order valence-corrected chi connectivity index (χ3v) is 4.13. The molecule has 0 bridgehead atoms. The Morgan fingerprint density at radius 1 is 1.52 bits per heavy atom. The summed E-state index contributed by atoms with van der Waals surface area (Å²) >= 11 is 0. The van der Waals surface area contributed by atoms with Crippen LogP contribution in [0.4, 0.5) is 0 Å². The first kappa shape index (κ1) is 18.1. The Morgan fingerprint density at radius 2 is 2.30 bits per heavy atom.